The Morgan fingerprint density at radius 1 is 0.412 bits per heavy atom. The van der Waals surface area contributed by atoms with Crippen LogP contribution in [0.2, 0.25) is 0 Å². The van der Waals surface area contributed by atoms with E-state index >= 15 is 0 Å². The number of nitrogens with one attached hydrogen (secondary N) is 2. The fourth-order valence-corrected chi connectivity index (χ4v) is 4.38. The maximum atomic E-state index is 11.0. The molecule has 0 fully saturated rings. The molecule has 0 aliphatic heterocycles. The number of aliphatic hydroxyl groups is 1. The first kappa shape index (κ1) is 96.4. The number of hydrogen-bond donors (Lipinski definition) is 3. The fraction of sp³-hybridized carbons (Fsp3) is 0.705. The lowest BCUT2D eigenvalue weighted by atomic mass is 10.3. The molecule has 0 heterocycles. The standard InChI is InChI=1S/C13H25NO4.C13H26O6.C12H23NO3.C7H14O3.C5H10O2.C4H8O2.C4H8O.C3H6O/c1-6-13(15)14-10(2)7-17-12(4)9-18-11(3)8-16-5;1-3-15-6-7-17-10-11-19-13-12-18-9-8-16-5-4-14-2;1-3-5-6-8-15-10-11-16-9-7-13-12(14)4-2;1-3-9-6-7-10-5-4-8-2;1-3-7-5-4-6-2;1-2-6-4-3-5;1-3-5-4-2;1-3-4-2/h6,10-12H,1,7-9H2,2-5H3,(H,14,15);3H,1,4-13H2,2H3;4H,2-3,5-11H2,1H3,(H,13,14);3H,1,4-7H2,2H3;3H,1,4-5H2,2H3;2,5H,1,3-4H2;3H,1,4H2,2H3;3H,1H2,2H3. The lowest BCUT2D eigenvalue weighted by Gasteiger charge is -2.19. The minimum Gasteiger partial charge on any atom is -0.505 e. The Balaban J connectivity index is -0.000000140. The molecule has 3 N–H and O–H groups in total. The summed E-state index contributed by atoms with van der Waals surface area (Å²) >= 11 is 0. The molecule has 2 amide bonds. The van der Waals surface area contributed by atoms with E-state index in [9.17, 15) is 9.59 Å². The van der Waals surface area contributed by atoms with E-state index in [1.165, 1.54) is 62.6 Å². The van der Waals surface area contributed by atoms with Crippen LogP contribution in [0.5, 0.6) is 0 Å². The molecular weight excluding hydrogens is 1110 g/mol. The molecule has 0 radical (unpaired) electrons. The van der Waals surface area contributed by atoms with Gasteiger partial charge in [-0.1, -0.05) is 72.4 Å². The van der Waals surface area contributed by atoms with Gasteiger partial charge < -0.3 is 106 Å². The highest BCUT2D eigenvalue weighted by Gasteiger charge is 2.10. The number of carbonyl (C=O) groups excluding carboxylic acids is 2. The minimum atomic E-state index is -0.191. The van der Waals surface area contributed by atoms with Gasteiger partial charge in [-0.25, -0.2) is 0 Å². The minimum absolute atomic E-state index is 0.0209. The predicted molar refractivity (Wildman–Crippen MR) is 335 cm³/mol. The SMILES string of the molecule is C=CC(=O)NC(C)COC(C)COC(C)COC.C=CC(=O)NCCOCCOCCCCC.C=COC.C=COCC.C=COCCO.C=COCCOC.C=COCCOCCOC.C=COCCOCCOCCOCCOCCOC. The summed E-state index contributed by atoms with van der Waals surface area (Å²) < 4.78 is 95.0. The molecule has 0 aliphatic carbocycles. The second kappa shape index (κ2) is 101. The molecule has 0 aromatic heterocycles. The summed E-state index contributed by atoms with van der Waals surface area (Å²) in [5, 5.41) is 13.4. The third-order valence-corrected chi connectivity index (χ3v) is 8.42. The van der Waals surface area contributed by atoms with Gasteiger partial charge >= 0.3 is 0 Å². The van der Waals surface area contributed by atoms with Crippen LogP contribution in [0.15, 0.2) is 102 Å². The molecular formula is C61H120N2O22. The summed E-state index contributed by atoms with van der Waals surface area (Å²) in [5.74, 6) is -0.358. The van der Waals surface area contributed by atoms with Gasteiger partial charge in [-0.2, -0.15) is 0 Å². The van der Waals surface area contributed by atoms with E-state index in [2.05, 4.69) is 89.1 Å². The van der Waals surface area contributed by atoms with Crippen molar-refractivity contribution in [2.24, 2.45) is 0 Å². The maximum Gasteiger partial charge on any atom is 0.243 e. The number of ether oxygens (including phenoxy) is 19. The van der Waals surface area contributed by atoms with E-state index in [0.717, 1.165) is 19.6 Å². The molecule has 3 atom stereocenters. The first-order valence-corrected chi connectivity index (χ1v) is 28.2. The second-order valence-electron chi connectivity index (χ2n) is 15.7. The second-order valence-corrected chi connectivity index (χ2v) is 15.7. The molecule has 0 aromatic rings. The van der Waals surface area contributed by atoms with Gasteiger partial charge in [0.15, 0.2) is 0 Å². The average Bonchev–Trinajstić information content (AvgIpc) is 3.51. The number of rotatable bonds is 54. The zero-order chi connectivity index (χ0) is 65.6. The molecule has 0 saturated carbocycles. The molecule has 24 nitrogen and oxygen atoms in total. The average molecular weight is 1230 g/mol. The van der Waals surface area contributed by atoms with Crippen LogP contribution in [0.3, 0.4) is 0 Å². The molecule has 3 unspecified atom stereocenters. The highest BCUT2D eigenvalue weighted by molar-refractivity contribution is 5.87. The normalized spacial score (nSPS) is 10.5. The Morgan fingerprint density at radius 2 is 0.765 bits per heavy atom. The van der Waals surface area contributed by atoms with Gasteiger partial charge in [-0.05, 0) is 46.3 Å². The van der Waals surface area contributed by atoms with Crippen molar-refractivity contribution in [3.05, 3.63) is 102 Å². The molecule has 0 rings (SSSR count). The molecule has 506 valence electrons. The van der Waals surface area contributed by atoms with Gasteiger partial charge in [0, 0.05) is 47.6 Å². The van der Waals surface area contributed by atoms with E-state index in [0.29, 0.717) is 159 Å². The summed E-state index contributed by atoms with van der Waals surface area (Å²) in [6.45, 7) is 51.6. The van der Waals surface area contributed by atoms with E-state index in [4.69, 9.17) is 76.2 Å². The van der Waals surface area contributed by atoms with Gasteiger partial charge in [-0.3, -0.25) is 9.59 Å². The van der Waals surface area contributed by atoms with Gasteiger partial charge in [0.05, 0.1) is 196 Å². The fourth-order valence-electron chi connectivity index (χ4n) is 4.38. The van der Waals surface area contributed by atoms with E-state index in [1.807, 2.05) is 27.7 Å². The van der Waals surface area contributed by atoms with Crippen molar-refractivity contribution >= 4 is 11.8 Å². The highest BCUT2D eigenvalue weighted by atomic mass is 16.6. The molecule has 0 saturated heterocycles. The van der Waals surface area contributed by atoms with E-state index < -0.39 is 0 Å². The predicted octanol–water partition coefficient (Wildman–Crippen LogP) is 7.19. The van der Waals surface area contributed by atoms with Gasteiger partial charge in [0.1, 0.15) is 26.4 Å². The van der Waals surface area contributed by atoms with Gasteiger partial charge in [-0.15, -0.1) is 0 Å². The van der Waals surface area contributed by atoms with E-state index in [-0.39, 0.29) is 36.7 Å². The smallest absolute Gasteiger partial charge is 0.243 e. The number of unbranched alkanes of at least 4 members (excludes halogenated alkanes) is 2. The van der Waals surface area contributed by atoms with Crippen LogP contribution >= 0.6 is 0 Å². The van der Waals surface area contributed by atoms with Crippen molar-refractivity contribution < 1.29 is 105 Å². The topological polar surface area (TPSA) is 254 Å². The summed E-state index contributed by atoms with van der Waals surface area (Å²) in [6, 6.07) is -0.0469. The Morgan fingerprint density at radius 3 is 1.11 bits per heavy atom. The van der Waals surface area contributed by atoms with Crippen molar-refractivity contribution in [2.45, 2.75) is 72.1 Å². The first-order chi connectivity index (χ1) is 41.3. The van der Waals surface area contributed by atoms with Crippen LogP contribution in [0.4, 0.5) is 0 Å². The summed E-state index contributed by atoms with van der Waals surface area (Å²) in [5.41, 5.74) is 0. The summed E-state index contributed by atoms with van der Waals surface area (Å²) in [7, 11) is 8.13. The molecule has 0 aliphatic rings. The Hall–Kier alpha value is -4.90. The number of carbonyl (C=O) groups is 2. The van der Waals surface area contributed by atoms with Crippen LogP contribution in [0.1, 0.15) is 53.9 Å². The van der Waals surface area contributed by atoms with Crippen molar-refractivity contribution in [2.75, 3.05) is 214 Å². The molecule has 0 spiro atoms. The quantitative estimate of drug-likeness (QED) is 0.0309. The number of amides is 2. The first-order valence-electron chi connectivity index (χ1n) is 28.2. The van der Waals surface area contributed by atoms with Crippen LogP contribution in [0.25, 0.3) is 0 Å². The lowest BCUT2D eigenvalue weighted by molar-refractivity contribution is -0.118. The van der Waals surface area contributed by atoms with Crippen molar-refractivity contribution in [3.8, 4) is 0 Å². The van der Waals surface area contributed by atoms with Crippen LogP contribution in [-0.4, -0.2) is 249 Å². The van der Waals surface area contributed by atoms with Crippen molar-refractivity contribution in [1.29, 1.82) is 0 Å². The zero-order valence-corrected chi connectivity index (χ0v) is 54.2. The molecule has 24 heteroatoms. The number of methoxy groups -OCH3 is 5. The van der Waals surface area contributed by atoms with Crippen LogP contribution in [0, 0.1) is 0 Å². The third-order valence-electron chi connectivity index (χ3n) is 8.42. The number of aliphatic hydroxyl groups excluding tert-OH is 1. The Bertz CT molecular complexity index is 1320. The molecule has 0 aromatic carbocycles. The lowest BCUT2D eigenvalue weighted by Crippen LogP contribution is -2.36. The van der Waals surface area contributed by atoms with Gasteiger partial charge in [0.2, 0.25) is 11.8 Å². The monoisotopic (exact) mass is 1230 g/mol. The van der Waals surface area contributed by atoms with Crippen LogP contribution in [-0.2, 0) is 99.6 Å². The third kappa shape index (κ3) is 126. The molecule has 0 bridgehead atoms. The molecule has 85 heavy (non-hydrogen) atoms. The van der Waals surface area contributed by atoms with E-state index in [1.54, 1.807) is 35.5 Å². The Kier molecular flexibility index (Phi) is 115. The zero-order valence-electron chi connectivity index (χ0n) is 54.2. The van der Waals surface area contributed by atoms with Crippen molar-refractivity contribution in [1.82, 2.24) is 10.6 Å². The number of hydrogen-bond acceptors (Lipinski definition) is 22. The van der Waals surface area contributed by atoms with Gasteiger partial charge in [0.25, 0.3) is 0 Å². The largest absolute Gasteiger partial charge is 0.505 e. The maximum absolute atomic E-state index is 11.0. The van der Waals surface area contributed by atoms with Crippen molar-refractivity contribution in [3.63, 3.8) is 0 Å². The van der Waals surface area contributed by atoms with Crippen LogP contribution < -0.4 is 10.6 Å². The highest BCUT2D eigenvalue weighted by Crippen LogP contribution is 1.99. The Labute approximate surface area is 514 Å². The summed E-state index contributed by atoms with van der Waals surface area (Å²) in [6.07, 6.45) is 14.4. The summed E-state index contributed by atoms with van der Waals surface area (Å²) in [4.78, 5) is 21.8.